The number of carbonyl (C=O) groups excluding carboxylic acids is 1. The molecule has 0 aliphatic heterocycles. The topological polar surface area (TPSA) is 62.5 Å². The third-order valence-electron chi connectivity index (χ3n) is 2.42. The molecule has 1 atom stereocenters. The number of benzene rings is 1. The molecule has 0 saturated heterocycles. The number of hydrogen-bond donors (Lipinski definition) is 2. The number of aliphatic hydroxyl groups excluding tert-OH is 1. The molecule has 0 aliphatic carbocycles. The summed E-state index contributed by atoms with van der Waals surface area (Å²) in [4.78, 5) is 11.4. The fourth-order valence-electron chi connectivity index (χ4n) is 1.55. The van der Waals surface area contributed by atoms with Gasteiger partial charge in [0, 0.05) is 18.0 Å². The van der Waals surface area contributed by atoms with Crippen LogP contribution >= 0.6 is 0 Å². The van der Waals surface area contributed by atoms with Gasteiger partial charge in [0.15, 0.2) is 0 Å². The smallest absolute Gasteiger partial charge is 0.244 e. The normalized spacial score (nSPS) is 13.0. The number of rotatable bonds is 4. The molecule has 4 heteroatoms. The maximum atomic E-state index is 11.4. The number of carbonyl (C=O) groups is 1. The molecule has 94 valence electrons. The second kappa shape index (κ2) is 5.51. The number of furan rings is 1. The Balaban J connectivity index is 2.02. The van der Waals surface area contributed by atoms with Crippen molar-refractivity contribution < 1.29 is 14.3 Å². The van der Waals surface area contributed by atoms with Crippen LogP contribution < -0.4 is 5.32 Å². The van der Waals surface area contributed by atoms with Crippen molar-refractivity contribution in [3.05, 3.63) is 42.2 Å². The summed E-state index contributed by atoms with van der Waals surface area (Å²) in [5.74, 6) is 0.375. The highest BCUT2D eigenvalue weighted by atomic mass is 16.3. The molecule has 0 aliphatic rings. The van der Waals surface area contributed by atoms with Gasteiger partial charge in [-0.25, -0.2) is 0 Å². The first-order valence-corrected chi connectivity index (χ1v) is 5.78. The van der Waals surface area contributed by atoms with Crippen molar-refractivity contribution in [3.8, 4) is 0 Å². The Kier molecular flexibility index (Phi) is 3.79. The van der Waals surface area contributed by atoms with E-state index in [2.05, 4.69) is 5.32 Å². The van der Waals surface area contributed by atoms with Crippen molar-refractivity contribution in [2.75, 3.05) is 6.54 Å². The first kappa shape index (κ1) is 12.4. The van der Waals surface area contributed by atoms with Crippen LogP contribution in [-0.2, 0) is 4.79 Å². The third-order valence-corrected chi connectivity index (χ3v) is 2.42. The van der Waals surface area contributed by atoms with E-state index in [9.17, 15) is 4.79 Å². The maximum absolute atomic E-state index is 11.4. The minimum absolute atomic E-state index is 0.239. The van der Waals surface area contributed by atoms with Crippen molar-refractivity contribution in [2.24, 2.45) is 0 Å². The Morgan fingerprint density at radius 1 is 1.50 bits per heavy atom. The lowest BCUT2D eigenvalue weighted by Crippen LogP contribution is -2.28. The zero-order valence-electron chi connectivity index (χ0n) is 10.1. The standard InChI is InChI=1S/C14H15NO3/c1-10(16)9-15-14(17)7-6-12-8-11-4-2-3-5-13(11)18-12/h2-8,10,16H,9H2,1H3,(H,15,17)/b7-6+. The lowest BCUT2D eigenvalue weighted by Gasteiger charge is -2.03. The van der Waals surface area contributed by atoms with Gasteiger partial charge in [-0.2, -0.15) is 0 Å². The van der Waals surface area contributed by atoms with E-state index in [0.717, 1.165) is 11.0 Å². The van der Waals surface area contributed by atoms with Crippen molar-refractivity contribution in [1.29, 1.82) is 0 Å². The number of nitrogens with one attached hydrogen (secondary N) is 1. The monoisotopic (exact) mass is 245 g/mol. The van der Waals surface area contributed by atoms with E-state index in [0.29, 0.717) is 5.76 Å². The minimum atomic E-state index is -0.548. The average Bonchev–Trinajstić information content (AvgIpc) is 2.76. The predicted molar refractivity (Wildman–Crippen MR) is 69.9 cm³/mol. The van der Waals surface area contributed by atoms with Crippen LogP contribution in [0.15, 0.2) is 40.8 Å². The van der Waals surface area contributed by atoms with E-state index in [1.807, 2.05) is 30.3 Å². The molecule has 18 heavy (non-hydrogen) atoms. The second-order valence-electron chi connectivity index (χ2n) is 4.11. The molecule has 0 radical (unpaired) electrons. The van der Waals surface area contributed by atoms with Gasteiger partial charge in [-0.15, -0.1) is 0 Å². The Labute approximate surface area is 105 Å². The summed E-state index contributed by atoms with van der Waals surface area (Å²) in [6, 6.07) is 9.52. The minimum Gasteiger partial charge on any atom is -0.457 e. The predicted octanol–water partition coefficient (Wildman–Crippen LogP) is 1.94. The molecule has 2 aromatic rings. The average molecular weight is 245 g/mol. The molecule has 1 aromatic carbocycles. The zero-order chi connectivity index (χ0) is 13.0. The molecule has 2 N–H and O–H groups in total. The van der Waals surface area contributed by atoms with E-state index in [1.165, 1.54) is 6.08 Å². The molecule has 1 aromatic heterocycles. The van der Waals surface area contributed by atoms with E-state index in [1.54, 1.807) is 13.0 Å². The van der Waals surface area contributed by atoms with Crippen molar-refractivity contribution in [3.63, 3.8) is 0 Å². The van der Waals surface area contributed by atoms with E-state index >= 15 is 0 Å². The van der Waals surface area contributed by atoms with Crippen molar-refractivity contribution in [1.82, 2.24) is 5.32 Å². The van der Waals surface area contributed by atoms with Crippen LogP contribution in [0, 0.1) is 0 Å². The van der Waals surface area contributed by atoms with E-state index in [-0.39, 0.29) is 12.5 Å². The number of hydrogen-bond acceptors (Lipinski definition) is 3. The summed E-state index contributed by atoms with van der Waals surface area (Å²) in [5.41, 5.74) is 0.793. The van der Waals surface area contributed by atoms with Crippen LogP contribution in [0.2, 0.25) is 0 Å². The summed E-state index contributed by atoms with van der Waals surface area (Å²) < 4.78 is 5.53. The molecular formula is C14H15NO3. The largest absolute Gasteiger partial charge is 0.457 e. The molecule has 0 bridgehead atoms. The molecule has 4 nitrogen and oxygen atoms in total. The SMILES string of the molecule is CC(O)CNC(=O)/C=C/c1cc2ccccc2o1. The molecule has 1 unspecified atom stereocenters. The lowest BCUT2D eigenvalue weighted by atomic mass is 10.2. The highest BCUT2D eigenvalue weighted by molar-refractivity contribution is 5.92. The highest BCUT2D eigenvalue weighted by Gasteiger charge is 2.01. The summed E-state index contributed by atoms with van der Waals surface area (Å²) in [7, 11) is 0. The Hall–Kier alpha value is -2.07. The number of amides is 1. The van der Waals surface area contributed by atoms with E-state index < -0.39 is 6.10 Å². The molecule has 1 amide bonds. The van der Waals surface area contributed by atoms with Gasteiger partial charge < -0.3 is 14.8 Å². The van der Waals surface area contributed by atoms with Gasteiger partial charge in [0.25, 0.3) is 0 Å². The van der Waals surface area contributed by atoms with Gasteiger partial charge in [-0.1, -0.05) is 18.2 Å². The summed E-state index contributed by atoms with van der Waals surface area (Å²) >= 11 is 0. The maximum Gasteiger partial charge on any atom is 0.244 e. The Bertz CT molecular complexity index is 536. The molecular weight excluding hydrogens is 230 g/mol. The number of fused-ring (bicyclic) bond motifs is 1. The van der Waals surface area contributed by atoms with Crippen molar-refractivity contribution >= 4 is 23.0 Å². The van der Waals surface area contributed by atoms with Gasteiger partial charge in [0.2, 0.25) is 5.91 Å². The van der Waals surface area contributed by atoms with Gasteiger partial charge >= 0.3 is 0 Å². The van der Waals surface area contributed by atoms with Gasteiger partial charge in [0.05, 0.1) is 6.10 Å². The first-order valence-electron chi connectivity index (χ1n) is 5.78. The zero-order valence-corrected chi connectivity index (χ0v) is 10.1. The Morgan fingerprint density at radius 3 is 3.00 bits per heavy atom. The van der Waals surface area contributed by atoms with Gasteiger partial charge in [-0.3, -0.25) is 4.79 Å². The molecule has 0 fully saturated rings. The first-order chi connectivity index (χ1) is 8.65. The third kappa shape index (κ3) is 3.21. The summed E-state index contributed by atoms with van der Waals surface area (Å²) in [6.45, 7) is 1.85. The summed E-state index contributed by atoms with van der Waals surface area (Å²) in [6.07, 6.45) is 2.45. The highest BCUT2D eigenvalue weighted by Crippen LogP contribution is 2.19. The van der Waals surface area contributed by atoms with Crippen LogP contribution in [0.4, 0.5) is 0 Å². The van der Waals surface area contributed by atoms with Crippen LogP contribution in [0.1, 0.15) is 12.7 Å². The van der Waals surface area contributed by atoms with Crippen LogP contribution in [0.3, 0.4) is 0 Å². The molecule has 0 saturated carbocycles. The lowest BCUT2D eigenvalue weighted by molar-refractivity contribution is -0.116. The van der Waals surface area contributed by atoms with Gasteiger partial charge in [-0.05, 0) is 25.1 Å². The summed E-state index contributed by atoms with van der Waals surface area (Å²) in [5, 5.41) is 12.6. The van der Waals surface area contributed by atoms with Crippen molar-refractivity contribution in [2.45, 2.75) is 13.0 Å². The van der Waals surface area contributed by atoms with Crippen LogP contribution in [0.25, 0.3) is 17.0 Å². The second-order valence-corrected chi connectivity index (χ2v) is 4.11. The van der Waals surface area contributed by atoms with Crippen LogP contribution in [-0.4, -0.2) is 23.7 Å². The van der Waals surface area contributed by atoms with Crippen LogP contribution in [0.5, 0.6) is 0 Å². The number of aliphatic hydroxyl groups is 1. The molecule has 2 rings (SSSR count). The Morgan fingerprint density at radius 2 is 2.28 bits per heavy atom. The molecule has 1 heterocycles. The fraction of sp³-hybridized carbons (Fsp3) is 0.214. The van der Waals surface area contributed by atoms with Gasteiger partial charge in [0.1, 0.15) is 11.3 Å². The molecule has 0 spiro atoms. The van der Waals surface area contributed by atoms with E-state index in [4.69, 9.17) is 9.52 Å². The number of para-hydroxylation sites is 1. The quantitative estimate of drug-likeness (QED) is 0.809. The fourth-order valence-corrected chi connectivity index (χ4v) is 1.55.